The first kappa shape index (κ1) is 10.9. The third-order valence-corrected chi connectivity index (χ3v) is 4.81. The molecule has 6 nitrogen and oxygen atoms in total. The molecule has 1 atom stereocenters. The van der Waals surface area contributed by atoms with E-state index in [0.29, 0.717) is 11.0 Å². The molecule has 7 heteroatoms. The van der Waals surface area contributed by atoms with Crippen molar-refractivity contribution in [2.24, 2.45) is 0 Å². The van der Waals surface area contributed by atoms with Crippen LogP contribution in [0.25, 0.3) is 16.7 Å². The minimum Gasteiger partial charge on any atom is -0.496 e. The highest BCUT2D eigenvalue weighted by molar-refractivity contribution is 7.84. The van der Waals surface area contributed by atoms with E-state index in [0.717, 1.165) is 10.7 Å². The number of aromatic nitrogens is 4. The highest BCUT2D eigenvalue weighted by Crippen LogP contribution is 2.22. The molecular formula is C19H18N4O2S. The smallest absolute Gasteiger partial charge is 0.197 e. The van der Waals surface area contributed by atoms with Gasteiger partial charge in [-0.25, -0.2) is 4.98 Å². The van der Waals surface area contributed by atoms with E-state index in [9.17, 15) is 4.21 Å². The largest absolute Gasteiger partial charge is 0.496 e. The molecule has 4 rings (SSSR count). The van der Waals surface area contributed by atoms with Crippen molar-refractivity contribution in [1.29, 1.82) is 0 Å². The number of benzene rings is 1. The number of hydrogen-bond acceptors (Lipinski definition) is 4. The van der Waals surface area contributed by atoms with Gasteiger partial charge in [-0.1, -0.05) is 0 Å². The summed E-state index contributed by atoms with van der Waals surface area (Å²) >= 11 is 0. The van der Waals surface area contributed by atoms with Crippen LogP contribution in [0.1, 0.15) is 18.1 Å². The van der Waals surface area contributed by atoms with Crippen molar-refractivity contribution in [3.63, 3.8) is 0 Å². The summed E-state index contributed by atoms with van der Waals surface area (Å²) in [6.07, 6.45) is 4.88. The number of fused-ring (bicyclic) bond motifs is 1. The van der Waals surface area contributed by atoms with Crippen LogP contribution in [0.4, 0.5) is 0 Å². The fourth-order valence-electron chi connectivity index (χ4n) is 2.54. The average molecular weight is 372 g/mol. The predicted molar refractivity (Wildman–Crippen MR) is 101 cm³/mol. The monoisotopic (exact) mass is 372 g/mol. The van der Waals surface area contributed by atoms with Crippen LogP contribution in [-0.4, -0.2) is 30.8 Å². The molecule has 0 amide bonds. The Kier molecular flexibility index (Phi) is 2.84. The first-order valence-electron chi connectivity index (χ1n) is 10.7. The van der Waals surface area contributed by atoms with Crippen LogP contribution in [0, 0.1) is 6.92 Å². The normalized spacial score (nSPS) is 16.8. The van der Waals surface area contributed by atoms with E-state index in [4.69, 9.17) is 13.0 Å². The molecule has 0 radical (unpaired) electrons. The second-order valence-electron chi connectivity index (χ2n) is 5.53. The van der Waals surface area contributed by atoms with Gasteiger partial charge >= 0.3 is 0 Å². The molecule has 3 heterocycles. The molecule has 0 spiro atoms. The maximum Gasteiger partial charge on any atom is 0.197 e. The molecule has 1 unspecified atom stereocenters. The number of nitrogens with one attached hydrogen (secondary N) is 1. The van der Waals surface area contributed by atoms with Crippen molar-refractivity contribution in [2.45, 2.75) is 17.8 Å². The third-order valence-electron chi connectivity index (χ3n) is 3.91. The van der Waals surface area contributed by atoms with E-state index < -0.39 is 23.5 Å². The Bertz CT molecular complexity index is 1320. The maximum atomic E-state index is 13.3. The van der Waals surface area contributed by atoms with Crippen LogP contribution in [0.15, 0.2) is 60.1 Å². The number of hydrogen-bond donors (Lipinski definition) is 1. The summed E-state index contributed by atoms with van der Waals surface area (Å²) in [7, 11) is -5.18. The zero-order valence-electron chi connectivity index (χ0n) is 19.7. The molecular weight excluding hydrogens is 348 g/mol. The Morgan fingerprint density at radius 1 is 1.38 bits per heavy atom. The molecule has 4 aromatic rings. The van der Waals surface area contributed by atoms with Gasteiger partial charge in [-0.3, -0.25) is 9.19 Å². The van der Waals surface area contributed by atoms with Crippen LogP contribution in [0.3, 0.4) is 0 Å². The first-order chi connectivity index (χ1) is 15.0. The molecule has 1 aromatic carbocycles. The van der Waals surface area contributed by atoms with Crippen molar-refractivity contribution in [1.82, 2.24) is 19.5 Å². The molecule has 132 valence electrons. The lowest BCUT2D eigenvalue weighted by molar-refractivity contribution is 0.410. The van der Waals surface area contributed by atoms with Crippen molar-refractivity contribution >= 4 is 21.8 Å². The number of pyridine rings is 1. The fourth-order valence-corrected chi connectivity index (χ4v) is 3.38. The third kappa shape index (κ3) is 3.01. The van der Waals surface area contributed by atoms with Gasteiger partial charge in [0.05, 0.1) is 44.4 Å². The van der Waals surface area contributed by atoms with Crippen molar-refractivity contribution < 1.29 is 17.2 Å². The summed E-state index contributed by atoms with van der Waals surface area (Å²) < 4.78 is 67.1. The second-order valence-corrected chi connectivity index (χ2v) is 6.63. The van der Waals surface area contributed by atoms with E-state index in [1.54, 1.807) is 18.2 Å². The van der Waals surface area contributed by atoms with Gasteiger partial charge in [-0.2, -0.15) is 0 Å². The van der Waals surface area contributed by atoms with Gasteiger partial charge in [-0.05, 0) is 43.3 Å². The Balaban J connectivity index is 1.75. The standard InChI is InChI=1S/C19H18N4O2S/c1-13-17(20-8-7-18(13)25-2)12-26(24)19-21-15-6-5-14(11-16(15)22-19)23-9-3-4-10-23/h3-11H,12H2,1-2H3,(H,21,22)/i2D3,12D2/hD. The van der Waals surface area contributed by atoms with E-state index in [-0.39, 0.29) is 22.2 Å². The van der Waals surface area contributed by atoms with Crippen LogP contribution in [-0.2, 0) is 16.5 Å². The number of imidazole rings is 1. The zero-order valence-corrected chi connectivity index (χ0v) is 14.5. The number of ether oxygens (including phenoxy) is 1. The van der Waals surface area contributed by atoms with Gasteiger partial charge in [-0.15, -0.1) is 0 Å². The second kappa shape index (κ2) is 6.76. The highest BCUT2D eigenvalue weighted by atomic mass is 32.2. The quantitative estimate of drug-likeness (QED) is 0.583. The lowest BCUT2D eigenvalue weighted by atomic mass is 10.2. The number of H-pyrrole nitrogens is 1. The number of nitrogens with zero attached hydrogens (tertiary/aromatic N) is 3. The Hall–Kier alpha value is -2.93. The van der Waals surface area contributed by atoms with Crippen molar-refractivity contribution in [2.75, 3.05) is 7.04 Å². The lowest BCUT2D eigenvalue weighted by Crippen LogP contribution is -2.03. The van der Waals surface area contributed by atoms with Crippen LogP contribution >= 0.6 is 0 Å². The molecule has 1 N–H and O–H groups in total. The molecule has 0 saturated carbocycles. The van der Waals surface area contributed by atoms with Crippen LogP contribution in [0.2, 0.25) is 1.41 Å². The van der Waals surface area contributed by atoms with Gasteiger partial charge in [0.15, 0.2) is 6.57 Å². The molecule has 26 heavy (non-hydrogen) atoms. The number of methoxy groups -OCH3 is 1. The Morgan fingerprint density at radius 3 is 3.04 bits per heavy atom. The maximum absolute atomic E-state index is 13.3. The molecule has 0 fully saturated rings. The van der Waals surface area contributed by atoms with Gasteiger partial charge in [0.2, 0.25) is 0 Å². The highest BCUT2D eigenvalue weighted by Gasteiger charge is 2.15. The zero-order chi connectivity index (χ0) is 23.3. The lowest BCUT2D eigenvalue weighted by Gasteiger charge is -2.08. The van der Waals surface area contributed by atoms with Gasteiger partial charge in [0, 0.05) is 32.6 Å². The molecule has 0 aliphatic rings. The number of aromatic amines is 1. The number of rotatable bonds is 5. The topological polar surface area (TPSA) is 72.8 Å². The van der Waals surface area contributed by atoms with Gasteiger partial charge in [0.1, 0.15) is 5.75 Å². The SMILES string of the molecule is [2H]n1c(S(=O)C([2H])([2H])c2nccc(OC([2H])([2H])[2H])c2C)nc2cc(-n3cccc3)ccc21. The molecule has 3 aromatic heterocycles. The molecule has 0 aliphatic carbocycles. The first-order valence-corrected chi connectivity index (χ1v) is 8.86. The summed E-state index contributed by atoms with van der Waals surface area (Å²) in [6.45, 7) is 1.44. The van der Waals surface area contributed by atoms with Crippen molar-refractivity contribution in [3.8, 4) is 11.4 Å². The van der Waals surface area contributed by atoms with Crippen molar-refractivity contribution in [3.05, 3.63) is 66.2 Å². The minimum absolute atomic E-state index is 0.0911. The molecule has 0 aliphatic heterocycles. The van der Waals surface area contributed by atoms with E-state index in [2.05, 4.69) is 9.97 Å². The minimum atomic E-state index is -2.73. The fraction of sp³-hybridized carbons (Fsp3) is 0.158. The van der Waals surface area contributed by atoms with Crippen LogP contribution in [0.5, 0.6) is 5.75 Å². The summed E-state index contributed by atoms with van der Waals surface area (Å²) in [5, 5.41) is -0.294. The summed E-state index contributed by atoms with van der Waals surface area (Å²) in [5.74, 6) is -0.0911. The van der Waals surface area contributed by atoms with Gasteiger partial charge in [0.25, 0.3) is 0 Å². The molecule has 0 saturated heterocycles. The van der Waals surface area contributed by atoms with Gasteiger partial charge < -0.3 is 14.3 Å². The van der Waals surface area contributed by atoms with E-state index in [1.807, 2.05) is 29.1 Å². The average Bonchev–Trinajstić information content (AvgIpc) is 3.36. The van der Waals surface area contributed by atoms with Crippen LogP contribution < -0.4 is 4.74 Å². The molecule has 0 bridgehead atoms. The Labute approximate surface area is 161 Å². The van der Waals surface area contributed by atoms with E-state index in [1.165, 1.54) is 19.2 Å². The van der Waals surface area contributed by atoms with E-state index >= 15 is 0 Å². The summed E-state index contributed by atoms with van der Waals surface area (Å²) in [4.78, 5) is 9.08. The summed E-state index contributed by atoms with van der Waals surface area (Å²) in [6, 6.07) is 10.2. The summed E-state index contributed by atoms with van der Waals surface area (Å²) in [5.41, 5.74) is -1.18. The predicted octanol–water partition coefficient (Wildman–Crippen LogP) is 3.37. The Morgan fingerprint density at radius 2 is 2.23 bits per heavy atom.